The van der Waals surface area contributed by atoms with Gasteiger partial charge in [0.1, 0.15) is 0 Å². The molecule has 0 aliphatic carbocycles. The van der Waals surface area contributed by atoms with Crippen molar-refractivity contribution in [3.8, 4) is 0 Å². The van der Waals surface area contributed by atoms with Crippen LogP contribution in [-0.4, -0.2) is 11.2 Å². The van der Waals surface area contributed by atoms with Crippen molar-refractivity contribution in [3.05, 3.63) is 22.4 Å². The van der Waals surface area contributed by atoms with Crippen LogP contribution in [-0.2, 0) is 6.54 Å². The first-order valence-corrected chi connectivity index (χ1v) is 3.93. The van der Waals surface area contributed by atoms with Crippen molar-refractivity contribution in [3.63, 3.8) is 0 Å². The summed E-state index contributed by atoms with van der Waals surface area (Å²) in [7, 11) is 0. The molecule has 1 heterocycles. The summed E-state index contributed by atoms with van der Waals surface area (Å²) in [6.07, 6.45) is 0. The van der Waals surface area contributed by atoms with Crippen LogP contribution in [0.2, 0.25) is 0 Å². The first-order valence-electron chi connectivity index (χ1n) is 3.05. The molecule has 4 N–H and O–H groups in total. The van der Waals surface area contributed by atoms with Crippen molar-refractivity contribution >= 4 is 17.3 Å². The number of hydrogen-bond donors (Lipinski definition) is 3. The van der Waals surface area contributed by atoms with E-state index in [4.69, 9.17) is 10.9 Å². The highest BCUT2D eigenvalue weighted by molar-refractivity contribution is 7.09. The molecule has 11 heavy (non-hydrogen) atoms. The number of aliphatic imine (C=N–C) groups is 1. The molecule has 5 heteroatoms. The summed E-state index contributed by atoms with van der Waals surface area (Å²) in [6, 6.07) is 3.90. The van der Waals surface area contributed by atoms with E-state index >= 15 is 0 Å². The molecule has 60 valence electrons. The summed E-state index contributed by atoms with van der Waals surface area (Å²) in [5, 5.41) is 10.2. The first kappa shape index (κ1) is 8.03. The Morgan fingerprint density at radius 1 is 1.82 bits per heavy atom. The molecule has 0 unspecified atom stereocenters. The molecular formula is C6H9N3OS. The fourth-order valence-electron chi connectivity index (χ4n) is 0.601. The lowest BCUT2D eigenvalue weighted by Gasteiger charge is -1.94. The highest BCUT2D eigenvalue weighted by Crippen LogP contribution is 2.08. The van der Waals surface area contributed by atoms with Crippen molar-refractivity contribution in [1.82, 2.24) is 5.48 Å². The molecule has 4 nitrogen and oxygen atoms in total. The molecule has 0 bridgehead atoms. The fraction of sp³-hybridized carbons (Fsp3) is 0.167. The van der Waals surface area contributed by atoms with Crippen LogP contribution in [0.25, 0.3) is 0 Å². The normalized spacial score (nSPS) is 11.5. The van der Waals surface area contributed by atoms with Gasteiger partial charge in [-0.05, 0) is 11.4 Å². The molecule has 0 saturated heterocycles. The molecule has 0 aromatic carbocycles. The summed E-state index contributed by atoms with van der Waals surface area (Å²) in [4.78, 5) is 4.94. The van der Waals surface area contributed by atoms with Crippen molar-refractivity contribution in [2.45, 2.75) is 6.54 Å². The summed E-state index contributed by atoms with van der Waals surface area (Å²) >= 11 is 1.60. The van der Waals surface area contributed by atoms with Gasteiger partial charge in [0.25, 0.3) is 0 Å². The molecule has 0 aliphatic rings. The van der Waals surface area contributed by atoms with Crippen LogP contribution in [0.1, 0.15) is 4.88 Å². The first-order chi connectivity index (χ1) is 5.33. The average Bonchev–Trinajstić information content (AvgIpc) is 2.52. The van der Waals surface area contributed by atoms with Crippen molar-refractivity contribution in [2.75, 3.05) is 0 Å². The highest BCUT2D eigenvalue weighted by Gasteiger charge is 1.90. The van der Waals surface area contributed by atoms with Crippen LogP contribution in [0.5, 0.6) is 0 Å². The number of rotatable bonds is 2. The number of thiophene rings is 1. The van der Waals surface area contributed by atoms with E-state index < -0.39 is 0 Å². The Kier molecular flexibility index (Phi) is 2.88. The van der Waals surface area contributed by atoms with E-state index in [1.54, 1.807) is 16.8 Å². The van der Waals surface area contributed by atoms with Crippen molar-refractivity contribution in [1.29, 1.82) is 0 Å². The van der Waals surface area contributed by atoms with Gasteiger partial charge in [0.05, 0.1) is 6.54 Å². The van der Waals surface area contributed by atoms with E-state index in [0.717, 1.165) is 4.88 Å². The van der Waals surface area contributed by atoms with Crippen LogP contribution >= 0.6 is 11.3 Å². The topological polar surface area (TPSA) is 70.6 Å². The Hall–Kier alpha value is -1.07. The van der Waals surface area contributed by atoms with Gasteiger partial charge in [0.15, 0.2) is 0 Å². The second-order valence-corrected chi connectivity index (χ2v) is 2.92. The monoisotopic (exact) mass is 171 g/mol. The number of nitrogens with zero attached hydrogens (tertiary/aromatic N) is 1. The average molecular weight is 171 g/mol. The van der Waals surface area contributed by atoms with Crippen molar-refractivity contribution < 1.29 is 5.21 Å². The van der Waals surface area contributed by atoms with Crippen molar-refractivity contribution in [2.24, 2.45) is 10.7 Å². The second kappa shape index (κ2) is 3.95. The maximum absolute atomic E-state index is 8.26. The smallest absolute Gasteiger partial charge is 0.213 e. The van der Waals surface area contributed by atoms with Crippen LogP contribution < -0.4 is 11.2 Å². The zero-order valence-electron chi connectivity index (χ0n) is 5.82. The van der Waals surface area contributed by atoms with Gasteiger partial charge < -0.3 is 5.73 Å². The molecule has 0 aliphatic heterocycles. The molecule has 1 aromatic rings. The molecule has 0 radical (unpaired) electrons. The van der Waals surface area contributed by atoms with Gasteiger partial charge in [-0.25, -0.2) is 10.5 Å². The minimum absolute atomic E-state index is 0.0402. The van der Waals surface area contributed by atoms with E-state index in [0.29, 0.717) is 6.54 Å². The SMILES string of the molecule is NC(=NCc1cccs1)NO. The van der Waals surface area contributed by atoms with E-state index in [-0.39, 0.29) is 5.96 Å². The number of nitrogens with two attached hydrogens (primary N) is 1. The molecule has 1 rings (SSSR count). The van der Waals surface area contributed by atoms with E-state index in [9.17, 15) is 0 Å². The van der Waals surface area contributed by atoms with Gasteiger partial charge >= 0.3 is 0 Å². The Bertz CT molecular complexity index is 232. The molecule has 0 spiro atoms. The number of nitrogens with one attached hydrogen (secondary N) is 1. The Balaban J connectivity index is 2.45. The van der Waals surface area contributed by atoms with Crippen LogP contribution in [0, 0.1) is 0 Å². The molecular weight excluding hydrogens is 162 g/mol. The number of hydrogen-bond acceptors (Lipinski definition) is 3. The summed E-state index contributed by atoms with van der Waals surface area (Å²) < 4.78 is 0. The molecule has 1 aromatic heterocycles. The zero-order valence-corrected chi connectivity index (χ0v) is 6.64. The fourth-order valence-corrected chi connectivity index (χ4v) is 1.23. The third kappa shape index (κ3) is 2.57. The zero-order chi connectivity index (χ0) is 8.10. The molecule has 0 saturated carbocycles. The van der Waals surface area contributed by atoms with Crippen LogP contribution in [0.4, 0.5) is 0 Å². The summed E-state index contributed by atoms with van der Waals surface area (Å²) in [5.41, 5.74) is 6.94. The Labute approximate surface area is 68.3 Å². The van der Waals surface area contributed by atoms with Gasteiger partial charge in [0.2, 0.25) is 5.96 Å². The lowest BCUT2D eigenvalue weighted by molar-refractivity contribution is 0.232. The summed E-state index contributed by atoms with van der Waals surface area (Å²) in [5.74, 6) is 0.0402. The van der Waals surface area contributed by atoms with Crippen LogP contribution in [0.15, 0.2) is 22.5 Å². The number of hydroxylamine groups is 1. The second-order valence-electron chi connectivity index (χ2n) is 1.89. The van der Waals surface area contributed by atoms with Gasteiger partial charge in [0, 0.05) is 4.88 Å². The van der Waals surface area contributed by atoms with E-state index in [1.807, 2.05) is 17.5 Å². The van der Waals surface area contributed by atoms with Crippen LogP contribution in [0.3, 0.4) is 0 Å². The Morgan fingerprint density at radius 2 is 2.64 bits per heavy atom. The predicted molar refractivity (Wildman–Crippen MR) is 44.6 cm³/mol. The van der Waals surface area contributed by atoms with Gasteiger partial charge in [-0.15, -0.1) is 11.3 Å². The van der Waals surface area contributed by atoms with E-state index in [2.05, 4.69) is 4.99 Å². The lowest BCUT2D eigenvalue weighted by atomic mass is 10.5. The minimum Gasteiger partial charge on any atom is -0.368 e. The largest absolute Gasteiger partial charge is 0.368 e. The lowest BCUT2D eigenvalue weighted by Crippen LogP contribution is -2.28. The van der Waals surface area contributed by atoms with E-state index in [1.165, 1.54) is 0 Å². The van der Waals surface area contributed by atoms with Gasteiger partial charge in [-0.2, -0.15) is 0 Å². The highest BCUT2D eigenvalue weighted by atomic mass is 32.1. The maximum Gasteiger partial charge on any atom is 0.213 e. The quantitative estimate of drug-likeness (QED) is 0.345. The molecule has 0 amide bonds. The molecule has 0 fully saturated rings. The third-order valence-corrected chi connectivity index (χ3v) is 1.96. The number of guanidine groups is 1. The summed E-state index contributed by atoms with van der Waals surface area (Å²) in [6.45, 7) is 0.511. The van der Waals surface area contributed by atoms with Gasteiger partial charge in [-0.3, -0.25) is 5.21 Å². The minimum atomic E-state index is 0.0402. The maximum atomic E-state index is 8.26. The Morgan fingerprint density at radius 3 is 3.18 bits per heavy atom. The standard InChI is InChI=1S/C6H9N3OS/c7-6(9-10)8-4-5-2-1-3-11-5/h1-3,10H,4H2,(H3,7,8,9). The van der Waals surface area contributed by atoms with Gasteiger partial charge in [-0.1, -0.05) is 6.07 Å². The molecule has 0 atom stereocenters. The third-order valence-electron chi connectivity index (χ3n) is 1.10. The predicted octanol–water partition coefficient (Wildman–Crippen LogP) is 0.542.